The third kappa shape index (κ3) is 3.15. The molecule has 4 aromatic rings. The molecule has 0 saturated heterocycles. The number of pyridine rings is 1. The van der Waals surface area contributed by atoms with E-state index in [0.717, 1.165) is 18.2 Å². The van der Waals surface area contributed by atoms with Gasteiger partial charge in [-0.05, 0) is 36.4 Å². The largest absolute Gasteiger partial charge is 0.382 e. The second-order valence-electron chi connectivity index (χ2n) is 6.23. The lowest BCUT2D eigenvalue weighted by Crippen LogP contribution is -2.13. The Labute approximate surface area is 168 Å². The molecule has 0 amide bonds. The number of halogens is 3. The van der Waals surface area contributed by atoms with E-state index in [1.165, 1.54) is 22.7 Å². The van der Waals surface area contributed by atoms with E-state index in [4.69, 9.17) is 17.3 Å². The normalized spacial score (nSPS) is 11.0. The first kappa shape index (κ1) is 18.8. The van der Waals surface area contributed by atoms with Crippen molar-refractivity contribution in [1.29, 1.82) is 0 Å². The lowest BCUT2D eigenvalue weighted by molar-refractivity contribution is 0.101. The molecular weight excluding hydrogens is 400 g/mol. The molecule has 0 radical (unpaired) electrons. The maximum Gasteiger partial charge on any atom is 0.219 e. The number of carbonyl (C=O) groups is 2. The van der Waals surface area contributed by atoms with Crippen molar-refractivity contribution in [2.45, 2.75) is 0 Å². The fourth-order valence-corrected chi connectivity index (χ4v) is 3.28. The molecule has 0 spiro atoms. The summed E-state index contributed by atoms with van der Waals surface area (Å²) in [6.07, 6.45) is 1.34. The first-order chi connectivity index (χ1) is 13.9. The van der Waals surface area contributed by atoms with E-state index in [-0.39, 0.29) is 39.1 Å². The number of rotatable bonds is 4. The molecule has 2 heterocycles. The monoisotopic (exact) mass is 411 g/mol. The van der Waals surface area contributed by atoms with E-state index in [1.54, 1.807) is 24.3 Å². The van der Waals surface area contributed by atoms with Crippen LogP contribution in [0.3, 0.4) is 0 Å². The van der Waals surface area contributed by atoms with Crippen LogP contribution in [0.2, 0.25) is 5.02 Å². The van der Waals surface area contributed by atoms with Crippen molar-refractivity contribution >= 4 is 34.6 Å². The third-order valence-corrected chi connectivity index (χ3v) is 4.76. The van der Waals surface area contributed by atoms with Gasteiger partial charge in [-0.15, -0.1) is 0 Å². The summed E-state index contributed by atoms with van der Waals surface area (Å²) in [6, 6.07) is 12.6. The van der Waals surface area contributed by atoms with Crippen molar-refractivity contribution < 1.29 is 18.4 Å². The van der Waals surface area contributed by atoms with Gasteiger partial charge in [-0.25, -0.2) is 13.8 Å². The molecular formula is C21H12ClF2N3O2. The molecule has 0 saturated carbocycles. The predicted molar refractivity (Wildman–Crippen MR) is 104 cm³/mol. The summed E-state index contributed by atoms with van der Waals surface area (Å²) in [5.74, 6) is -3.62. The predicted octanol–water partition coefficient (Wildman–Crippen LogP) is 4.31. The molecule has 0 aliphatic rings. The topological polar surface area (TPSA) is 77.5 Å². The standard InChI is InChI=1S/C21H12ClF2N3O2/c22-13-5-2-1-4-12(13)19(28)11-8-9-16-26-21(25)18(27(16)10-11)20(29)17-14(23)6-3-7-15(17)24/h1-10H,25H2. The number of hydrogen-bond donors (Lipinski definition) is 1. The van der Waals surface area contributed by atoms with E-state index in [1.807, 2.05) is 0 Å². The zero-order chi connectivity index (χ0) is 20.7. The first-order valence-corrected chi connectivity index (χ1v) is 8.82. The molecule has 144 valence electrons. The van der Waals surface area contributed by atoms with Crippen molar-refractivity contribution in [3.8, 4) is 0 Å². The number of nitrogen functional groups attached to an aromatic ring is 1. The lowest BCUT2D eigenvalue weighted by atomic mass is 10.0. The molecule has 2 aromatic heterocycles. The summed E-state index contributed by atoms with van der Waals surface area (Å²) in [6.45, 7) is 0. The fourth-order valence-electron chi connectivity index (χ4n) is 3.06. The van der Waals surface area contributed by atoms with Crippen LogP contribution in [0.25, 0.3) is 5.65 Å². The SMILES string of the molecule is Nc1nc2ccc(C(=O)c3ccccc3Cl)cn2c1C(=O)c1c(F)cccc1F. The maximum atomic E-state index is 14.1. The Kier molecular flexibility index (Phi) is 4.60. The number of ketones is 2. The fraction of sp³-hybridized carbons (Fsp3) is 0. The van der Waals surface area contributed by atoms with Crippen LogP contribution in [0.1, 0.15) is 32.0 Å². The Hall–Kier alpha value is -3.58. The maximum absolute atomic E-state index is 14.1. The number of aromatic nitrogens is 2. The molecule has 0 aliphatic carbocycles. The number of fused-ring (bicyclic) bond motifs is 1. The summed E-state index contributed by atoms with van der Waals surface area (Å²) >= 11 is 6.09. The Morgan fingerprint density at radius 2 is 1.62 bits per heavy atom. The van der Waals surface area contributed by atoms with Gasteiger partial charge in [0.15, 0.2) is 11.6 Å². The molecule has 4 rings (SSSR count). The highest BCUT2D eigenvalue weighted by molar-refractivity contribution is 6.35. The minimum absolute atomic E-state index is 0.200. The zero-order valence-electron chi connectivity index (χ0n) is 14.7. The average molecular weight is 412 g/mol. The van der Waals surface area contributed by atoms with Gasteiger partial charge in [-0.2, -0.15) is 0 Å². The molecule has 2 N–H and O–H groups in total. The number of nitrogens with zero attached hydrogens (tertiary/aromatic N) is 2. The second-order valence-corrected chi connectivity index (χ2v) is 6.63. The molecule has 0 bridgehead atoms. The van der Waals surface area contributed by atoms with Crippen molar-refractivity contribution in [3.63, 3.8) is 0 Å². The molecule has 8 heteroatoms. The van der Waals surface area contributed by atoms with Gasteiger partial charge in [0.1, 0.15) is 23.0 Å². The summed E-state index contributed by atoms with van der Waals surface area (Å²) in [5, 5.41) is 0.271. The molecule has 0 fully saturated rings. The third-order valence-electron chi connectivity index (χ3n) is 4.43. The number of hydrogen-bond acceptors (Lipinski definition) is 4. The van der Waals surface area contributed by atoms with Crippen molar-refractivity contribution in [3.05, 3.63) is 99.8 Å². The van der Waals surface area contributed by atoms with Gasteiger partial charge in [0.2, 0.25) is 5.78 Å². The van der Waals surface area contributed by atoms with E-state index in [9.17, 15) is 18.4 Å². The summed E-state index contributed by atoms with van der Waals surface area (Å²) in [4.78, 5) is 29.7. The first-order valence-electron chi connectivity index (χ1n) is 8.44. The van der Waals surface area contributed by atoms with E-state index < -0.39 is 23.0 Å². The van der Waals surface area contributed by atoms with Crippen LogP contribution < -0.4 is 5.73 Å². The van der Waals surface area contributed by atoms with Crippen molar-refractivity contribution in [2.24, 2.45) is 0 Å². The Morgan fingerprint density at radius 1 is 0.931 bits per heavy atom. The summed E-state index contributed by atoms with van der Waals surface area (Å²) in [7, 11) is 0. The van der Waals surface area contributed by atoms with Crippen molar-refractivity contribution in [2.75, 3.05) is 5.73 Å². The number of benzene rings is 2. The van der Waals surface area contributed by atoms with E-state index >= 15 is 0 Å². The van der Waals surface area contributed by atoms with Gasteiger partial charge >= 0.3 is 0 Å². The number of imidazole rings is 1. The zero-order valence-corrected chi connectivity index (χ0v) is 15.5. The van der Waals surface area contributed by atoms with Crippen LogP contribution in [0.5, 0.6) is 0 Å². The average Bonchev–Trinajstić information content (AvgIpc) is 3.02. The number of anilines is 1. The molecule has 0 aliphatic heterocycles. The van der Waals surface area contributed by atoms with Gasteiger partial charge in [0, 0.05) is 17.3 Å². The summed E-state index contributed by atoms with van der Waals surface area (Å²) in [5.41, 5.74) is 5.59. The van der Waals surface area contributed by atoms with Crippen LogP contribution in [0, 0.1) is 11.6 Å². The molecule has 0 unspecified atom stereocenters. The highest BCUT2D eigenvalue weighted by atomic mass is 35.5. The van der Waals surface area contributed by atoms with Crippen LogP contribution in [-0.4, -0.2) is 21.0 Å². The minimum Gasteiger partial charge on any atom is -0.382 e. The number of nitrogens with two attached hydrogens (primary N) is 1. The Balaban J connectivity index is 1.87. The van der Waals surface area contributed by atoms with Crippen LogP contribution in [0.15, 0.2) is 60.8 Å². The van der Waals surface area contributed by atoms with Gasteiger partial charge in [-0.3, -0.25) is 14.0 Å². The molecule has 5 nitrogen and oxygen atoms in total. The second kappa shape index (κ2) is 7.10. The smallest absolute Gasteiger partial charge is 0.219 e. The quantitative estimate of drug-likeness (QED) is 0.507. The minimum atomic E-state index is -1.02. The van der Waals surface area contributed by atoms with Crippen LogP contribution in [0.4, 0.5) is 14.6 Å². The van der Waals surface area contributed by atoms with Gasteiger partial charge in [-0.1, -0.05) is 29.8 Å². The van der Waals surface area contributed by atoms with Crippen molar-refractivity contribution in [1.82, 2.24) is 9.38 Å². The van der Waals surface area contributed by atoms with Gasteiger partial charge in [0.05, 0.1) is 10.6 Å². The summed E-state index contributed by atoms with van der Waals surface area (Å²) < 4.78 is 29.4. The highest BCUT2D eigenvalue weighted by Gasteiger charge is 2.25. The number of carbonyl (C=O) groups excluding carboxylic acids is 2. The Bertz CT molecular complexity index is 1280. The molecule has 29 heavy (non-hydrogen) atoms. The van der Waals surface area contributed by atoms with Gasteiger partial charge < -0.3 is 5.73 Å². The molecule has 0 atom stereocenters. The molecule has 2 aromatic carbocycles. The van der Waals surface area contributed by atoms with E-state index in [2.05, 4.69) is 4.98 Å². The van der Waals surface area contributed by atoms with E-state index in [0.29, 0.717) is 0 Å². The highest BCUT2D eigenvalue weighted by Crippen LogP contribution is 2.24. The van der Waals surface area contributed by atoms with Crippen LogP contribution >= 0.6 is 11.6 Å². The Morgan fingerprint density at radius 3 is 2.31 bits per heavy atom. The van der Waals surface area contributed by atoms with Crippen LogP contribution in [-0.2, 0) is 0 Å². The van der Waals surface area contributed by atoms with Gasteiger partial charge in [0.25, 0.3) is 0 Å². The lowest BCUT2D eigenvalue weighted by Gasteiger charge is -2.07.